The van der Waals surface area contributed by atoms with Gasteiger partial charge in [0, 0.05) is 24.4 Å². The maximum Gasteiger partial charge on any atom is 0.437 e. The number of carbonyl (C=O) groups is 2. The van der Waals surface area contributed by atoms with E-state index in [-0.39, 0.29) is 36.3 Å². The molecular weight excluding hydrogens is 293 g/mol. The van der Waals surface area contributed by atoms with Crippen molar-refractivity contribution in [3.63, 3.8) is 0 Å². The van der Waals surface area contributed by atoms with E-state index in [1.807, 2.05) is 0 Å². The van der Waals surface area contributed by atoms with Gasteiger partial charge in [0.1, 0.15) is 6.26 Å². The molecule has 6 nitrogen and oxygen atoms in total. The van der Waals surface area contributed by atoms with Gasteiger partial charge in [-0.1, -0.05) is 5.16 Å². The van der Waals surface area contributed by atoms with Crippen molar-refractivity contribution in [1.82, 2.24) is 10.5 Å². The smallest absolute Gasteiger partial charge is 0.437 e. The summed E-state index contributed by atoms with van der Waals surface area (Å²) in [4.78, 5) is 22.2. The third-order valence-corrected chi connectivity index (χ3v) is 3.43. The largest absolute Gasteiger partial charge is 0.481 e. The minimum Gasteiger partial charge on any atom is -0.481 e. The molecule has 0 radical (unpaired) electrons. The van der Waals surface area contributed by atoms with Crippen LogP contribution in [0.5, 0.6) is 0 Å². The van der Waals surface area contributed by atoms with Gasteiger partial charge >= 0.3 is 12.1 Å². The topological polar surface area (TPSA) is 92.4 Å². The van der Waals surface area contributed by atoms with Crippen LogP contribution in [0.2, 0.25) is 0 Å². The highest BCUT2D eigenvalue weighted by atomic mass is 19.4. The summed E-state index contributed by atoms with van der Waals surface area (Å²) in [7, 11) is 0. The minimum atomic E-state index is -4.63. The molecule has 0 saturated heterocycles. The van der Waals surface area contributed by atoms with Gasteiger partial charge in [0.25, 0.3) is 0 Å². The van der Waals surface area contributed by atoms with Crippen LogP contribution in [-0.2, 0) is 22.3 Å². The van der Waals surface area contributed by atoms with Crippen LogP contribution in [-0.4, -0.2) is 22.1 Å². The Hall–Kier alpha value is -2.06. The molecule has 0 spiro atoms. The second-order valence-electron chi connectivity index (χ2n) is 5.04. The Morgan fingerprint density at radius 3 is 2.67 bits per heavy atom. The van der Waals surface area contributed by atoms with Crippen LogP contribution < -0.4 is 5.32 Å². The molecule has 21 heavy (non-hydrogen) atoms. The van der Waals surface area contributed by atoms with Crippen LogP contribution in [0.3, 0.4) is 0 Å². The average molecular weight is 306 g/mol. The number of nitrogens with zero attached hydrogens (tertiary/aromatic N) is 1. The van der Waals surface area contributed by atoms with Crippen molar-refractivity contribution in [1.29, 1.82) is 0 Å². The molecule has 0 atom stereocenters. The van der Waals surface area contributed by atoms with Crippen molar-refractivity contribution in [3.8, 4) is 0 Å². The van der Waals surface area contributed by atoms with E-state index in [2.05, 4.69) is 15.0 Å². The van der Waals surface area contributed by atoms with Crippen LogP contribution in [0.1, 0.15) is 30.5 Å². The summed E-state index contributed by atoms with van der Waals surface area (Å²) in [6, 6.07) is 0. The van der Waals surface area contributed by atoms with Crippen molar-refractivity contribution in [2.24, 2.45) is 11.8 Å². The Morgan fingerprint density at radius 2 is 2.10 bits per heavy atom. The number of hydrogen-bond donors (Lipinski definition) is 2. The normalized spacial score (nSPS) is 21.7. The molecule has 1 amide bonds. The highest BCUT2D eigenvalue weighted by molar-refractivity contribution is 5.80. The number of alkyl halides is 3. The molecule has 0 bridgehead atoms. The standard InChI is InChI=1S/C12H13F3N2O4/c13-12(14,15)10-8(5-21-17-10)4-16-11(20)7-1-6(2-7)3-9(18)19/h5-7H,1-4H2,(H,16,20)(H,18,19). The number of aromatic nitrogens is 1. The Balaban J connectivity index is 1.81. The fraction of sp³-hybridized carbons (Fsp3) is 0.583. The lowest BCUT2D eigenvalue weighted by atomic mass is 9.73. The first-order chi connectivity index (χ1) is 9.77. The van der Waals surface area contributed by atoms with Crippen molar-refractivity contribution >= 4 is 11.9 Å². The highest BCUT2D eigenvalue weighted by Gasteiger charge is 2.38. The molecule has 0 unspecified atom stereocenters. The van der Waals surface area contributed by atoms with E-state index in [9.17, 15) is 22.8 Å². The molecule has 1 fully saturated rings. The quantitative estimate of drug-likeness (QED) is 0.865. The lowest BCUT2D eigenvalue weighted by molar-refractivity contribution is -0.143. The molecule has 116 valence electrons. The maximum atomic E-state index is 12.5. The van der Waals surface area contributed by atoms with Crippen LogP contribution in [0.4, 0.5) is 13.2 Å². The van der Waals surface area contributed by atoms with E-state index in [1.165, 1.54) is 0 Å². The summed E-state index contributed by atoms with van der Waals surface area (Å²) in [5.41, 5.74) is -1.39. The highest BCUT2D eigenvalue weighted by Crippen LogP contribution is 2.36. The third-order valence-electron chi connectivity index (χ3n) is 3.43. The van der Waals surface area contributed by atoms with Gasteiger partial charge in [0.2, 0.25) is 5.91 Å². The van der Waals surface area contributed by atoms with E-state index in [4.69, 9.17) is 5.11 Å². The van der Waals surface area contributed by atoms with E-state index < -0.39 is 17.8 Å². The van der Waals surface area contributed by atoms with Crippen molar-refractivity contribution in [2.75, 3.05) is 0 Å². The number of carbonyl (C=O) groups excluding carboxylic acids is 1. The van der Waals surface area contributed by atoms with Gasteiger partial charge in [-0.05, 0) is 18.8 Å². The van der Waals surface area contributed by atoms with Gasteiger partial charge in [-0.3, -0.25) is 9.59 Å². The zero-order valence-corrected chi connectivity index (χ0v) is 10.8. The van der Waals surface area contributed by atoms with Crippen molar-refractivity contribution in [3.05, 3.63) is 17.5 Å². The lowest BCUT2D eigenvalue weighted by Crippen LogP contribution is -2.39. The van der Waals surface area contributed by atoms with Gasteiger partial charge in [0.15, 0.2) is 5.69 Å². The van der Waals surface area contributed by atoms with E-state index in [1.54, 1.807) is 0 Å². The molecule has 1 aliphatic carbocycles. The number of nitrogens with one attached hydrogen (secondary N) is 1. The first-order valence-corrected chi connectivity index (χ1v) is 6.27. The van der Waals surface area contributed by atoms with E-state index >= 15 is 0 Å². The summed E-state index contributed by atoms with van der Waals surface area (Å²) in [6.07, 6.45) is -2.90. The number of amides is 1. The SMILES string of the molecule is O=C(O)CC1CC(C(=O)NCc2conc2C(F)(F)F)C1. The van der Waals surface area contributed by atoms with Gasteiger partial charge in [-0.2, -0.15) is 13.2 Å². The second-order valence-corrected chi connectivity index (χ2v) is 5.04. The number of carboxylic acid groups (broad SMARTS) is 1. The first kappa shape index (κ1) is 15.3. The summed E-state index contributed by atoms with van der Waals surface area (Å²) in [6.45, 7) is -0.322. The van der Waals surface area contributed by atoms with Gasteiger partial charge in [-0.15, -0.1) is 0 Å². The molecule has 1 saturated carbocycles. The maximum absolute atomic E-state index is 12.5. The van der Waals surface area contributed by atoms with Gasteiger partial charge < -0.3 is 14.9 Å². The van der Waals surface area contributed by atoms with Crippen LogP contribution in [0, 0.1) is 11.8 Å². The fourth-order valence-electron chi connectivity index (χ4n) is 2.31. The van der Waals surface area contributed by atoms with Crippen LogP contribution >= 0.6 is 0 Å². The summed E-state index contributed by atoms with van der Waals surface area (Å²) >= 11 is 0. The Labute approximate surface area is 117 Å². The van der Waals surface area contributed by atoms with Crippen molar-refractivity contribution in [2.45, 2.75) is 32.0 Å². The average Bonchev–Trinajstić information content (AvgIpc) is 2.78. The van der Waals surface area contributed by atoms with E-state index in [0.717, 1.165) is 6.26 Å². The molecule has 9 heteroatoms. The predicted octanol–water partition coefficient (Wildman–Crippen LogP) is 1.81. The lowest BCUT2D eigenvalue weighted by Gasteiger charge is -2.33. The number of halogens is 3. The first-order valence-electron chi connectivity index (χ1n) is 6.27. The van der Waals surface area contributed by atoms with Crippen LogP contribution in [0.15, 0.2) is 10.8 Å². The Kier molecular flexibility index (Phi) is 4.19. The summed E-state index contributed by atoms with van der Waals surface area (Å²) in [5.74, 6) is -1.69. The number of aliphatic carboxylic acids is 1. The summed E-state index contributed by atoms with van der Waals surface area (Å²) < 4.78 is 41.9. The summed E-state index contributed by atoms with van der Waals surface area (Å²) in [5, 5.41) is 13.8. The predicted molar refractivity (Wildman–Crippen MR) is 61.8 cm³/mol. The Bertz CT molecular complexity index is 535. The Morgan fingerprint density at radius 1 is 1.43 bits per heavy atom. The van der Waals surface area contributed by atoms with E-state index in [0.29, 0.717) is 12.8 Å². The molecule has 2 N–H and O–H groups in total. The second kappa shape index (κ2) is 5.74. The molecule has 1 aromatic heterocycles. The van der Waals surface area contributed by atoms with Crippen LogP contribution in [0.25, 0.3) is 0 Å². The molecule has 1 aromatic rings. The van der Waals surface area contributed by atoms with Crippen molar-refractivity contribution < 1.29 is 32.4 Å². The number of rotatable bonds is 5. The third kappa shape index (κ3) is 3.73. The molecular formula is C12H13F3N2O4. The van der Waals surface area contributed by atoms with Gasteiger partial charge in [-0.25, -0.2) is 0 Å². The monoisotopic (exact) mass is 306 g/mol. The molecule has 2 rings (SSSR count). The van der Waals surface area contributed by atoms with Gasteiger partial charge in [0.05, 0.1) is 0 Å². The molecule has 0 aliphatic heterocycles. The molecule has 1 aliphatic rings. The number of hydrogen-bond acceptors (Lipinski definition) is 4. The zero-order valence-electron chi connectivity index (χ0n) is 10.8. The fourth-order valence-corrected chi connectivity index (χ4v) is 2.31. The zero-order chi connectivity index (χ0) is 15.6. The molecule has 0 aromatic carbocycles. The minimum absolute atomic E-state index is 0.00759. The molecule has 1 heterocycles. The number of carboxylic acids is 1.